The second kappa shape index (κ2) is 5.61. The van der Waals surface area contributed by atoms with Crippen LogP contribution in [-0.2, 0) is 19.7 Å². The third-order valence-electron chi connectivity index (χ3n) is 3.80. The summed E-state index contributed by atoms with van der Waals surface area (Å²) < 4.78 is 15.4. The molecule has 2 rings (SSSR count). The van der Waals surface area contributed by atoms with Gasteiger partial charge in [0.2, 0.25) is 0 Å². The molecule has 0 saturated carbocycles. The summed E-state index contributed by atoms with van der Waals surface area (Å²) in [4.78, 5) is 11.3. The van der Waals surface area contributed by atoms with Crippen LogP contribution in [0.1, 0.15) is 24.0 Å². The lowest BCUT2D eigenvalue weighted by atomic mass is 9.74. The van der Waals surface area contributed by atoms with E-state index < -0.39 is 0 Å². The first kappa shape index (κ1) is 13.9. The van der Waals surface area contributed by atoms with E-state index >= 15 is 0 Å². The lowest BCUT2D eigenvalue weighted by Gasteiger charge is -2.42. The van der Waals surface area contributed by atoms with Gasteiger partial charge in [-0.1, -0.05) is 12.1 Å². The van der Waals surface area contributed by atoms with E-state index in [-0.39, 0.29) is 11.4 Å². The Bertz CT molecular complexity index is 463. The smallest absolute Gasteiger partial charge is 0.305 e. The van der Waals surface area contributed by atoms with Crippen LogP contribution in [0.4, 0.5) is 0 Å². The van der Waals surface area contributed by atoms with Gasteiger partial charge in [0.25, 0.3) is 0 Å². The number of hydrogen-bond acceptors (Lipinski definition) is 4. The fraction of sp³-hybridized carbons (Fsp3) is 0.533. The number of rotatable bonds is 5. The highest BCUT2D eigenvalue weighted by Gasteiger charge is 2.40. The van der Waals surface area contributed by atoms with Crippen LogP contribution in [0.2, 0.25) is 0 Å². The molecule has 4 heteroatoms. The highest BCUT2D eigenvalue weighted by molar-refractivity contribution is 5.69. The number of carbonyl (C=O) groups excluding carboxylic acids is 1. The highest BCUT2D eigenvalue weighted by atomic mass is 16.5. The Morgan fingerprint density at radius 3 is 2.58 bits per heavy atom. The first-order chi connectivity index (χ1) is 9.11. The maximum Gasteiger partial charge on any atom is 0.305 e. The van der Waals surface area contributed by atoms with Gasteiger partial charge in [0.05, 0.1) is 27.4 Å². The van der Waals surface area contributed by atoms with Crippen LogP contribution in [-0.4, -0.2) is 33.4 Å². The molecule has 1 heterocycles. The van der Waals surface area contributed by atoms with Crippen LogP contribution in [0.25, 0.3) is 0 Å². The molecular formula is C15H20O4. The molecular weight excluding hydrogens is 244 g/mol. The Kier molecular flexibility index (Phi) is 4.10. The molecule has 0 aromatic heterocycles. The predicted octanol–water partition coefficient (Wildman–Crippen LogP) is 2.22. The second-order valence-corrected chi connectivity index (χ2v) is 5.03. The minimum Gasteiger partial charge on any atom is -0.496 e. The van der Waals surface area contributed by atoms with E-state index in [1.54, 1.807) is 7.11 Å². The molecule has 0 radical (unpaired) electrons. The van der Waals surface area contributed by atoms with Crippen molar-refractivity contribution in [1.82, 2.24) is 0 Å². The predicted molar refractivity (Wildman–Crippen MR) is 71.5 cm³/mol. The third kappa shape index (κ3) is 2.73. The van der Waals surface area contributed by atoms with E-state index in [0.29, 0.717) is 19.6 Å². The molecule has 0 spiro atoms. The van der Waals surface area contributed by atoms with Crippen LogP contribution < -0.4 is 4.74 Å². The fourth-order valence-corrected chi connectivity index (χ4v) is 2.46. The van der Waals surface area contributed by atoms with E-state index in [4.69, 9.17) is 14.2 Å². The summed E-state index contributed by atoms with van der Waals surface area (Å²) in [6.07, 6.45) is 1.18. The molecule has 0 unspecified atom stereocenters. The highest BCUT2D eigenvalue weighted by Crippen LogP contribution is 2.38. The topological polar surface area (TPSA) is 44.8 Å². The number of benzene rings is 1. The molecule has 1 aliphatic heterocycles. The van der Waals surface area contributed by atoms with Gasteiger partial charge < -0.3 is 14.2 Å². The summed E-state index contributed by atoms with van der Waals surface area (Å²) in [7, 11) is 3.09. The van der Waals surface area contributed by atoms with E-state index in [0.717, 1.165) is 17.7 Å². The van der Waals surface area contributed by atoms with Crippen LogP contribution in [0, 0.1) is 6.92 Å². The molecule has 1 fully saturated rings. The molecule has 1 aromatic carbocycles. The molecule has 0 aliphatic carbocycles. The Labute approximate surface area is 113 Å². The van der Waals surface area contributed by atoms with Crippen molar-refractivity contribution in [3.05, 3.63) is 29.3 Å². The van der Waals surface area contributed by atoms with Crippen molar-refractivity contribution in [3.63, 3.8) is 0 Å². The van der Waals surface area contributed by atoms with Crippen molar-refractivity contribution in [2.75, 3.05) is 27.4 Å². The zero-order chi connectivity index (χ0) is 13.9. The van der Waals surface area contributed by atoms with Crippen LogP contribution in [0.15, 0.2) is 18.2 Å². The molecule has 1 aromatic rings. The van der Waals surface area contributed by atoms with Gasteiger partial charge >= 0.3 is 5.97 Å². The number of esters is 1. The van der Waals surface area contributed by atoms with Crippen molar-refractivity contribution in [3.8, 4) is 5.75 Å². The third-order valence-corrected chi connectivity index (χ3v) is 3.80. The molecule has 1 saturated heterocycles. The summed E-state index contributed by atoms with van der Waals surface area (Å²) in [6, 6.07) is 6.16. The number of carbonyl (C=O) groups is 1. The van der Waals surface area contributed by atoms with Crippen molar-refractivity contribution in [2.24, 2.45) is 0 Å². The lowest BCUT2D eigenvalue weighted by Crippen LogP contribution is -2.47. The standard InChI is InChI=1S/C15H20O4/c1-11-8-12(4-5-13(11)17-2)15(9-19-10-15)7-6-14(16)18-3/h4-5,8H,6-7,9-10H2,1-3H3. The normalized spacial score (nSPS) is 16.6. The molecule has 0 bridgehead atoms. The van der Waals surface area contributed by atoms with Crippen molar-refractivity contribution in [1.29, 1.82) is 0 Å². The first-order valence-electron chi connectivity index (χ1n) is 6.41. The largest absolute Gasteiger partial charge is 0.496 e. The van der Waals surface area contributed by atoms with Gasteiger partial charge in [-0.3, -0.25) is 4.79 Å². The van der Waals surface area contributed by atoms with Crippen LogP contribution >= 0.6 is 0 Å². The van der Waals surface area contributed by atoms with E-state index in [1.807, 2.05) is 13.0 Å². The Morgan fingerprint density at radius 2 is 2.11 bits per heavy atom. The van der Waals surface area contributed by atoms with Crippen LogP contribution in [0.5, 0.6) is 5.75 Å². The van der Waals surface area contributed by atoms with Gasteiger partial charge in [-0.15, -0.1) is 0 Å². The maximum atomic E-state index is 11.3. The zero-order valence-electron chi connectivity index (χ0n) is 11.7. The molecule has 0 amide bonds. The molecule has 4 nitrogen and oxygen atoms in total. The monoisotopic (exact) mass is 264 g/mol. The average Bonchev–Trinajstić information content (AvgIpc) is 2.37. The number of aryl methyl sites for hydroxylation is 1. The first-order valence-corrected chi connectivity index (χ1v) is 6.41. The number of ether oxygens (including phenoxy) is 3. The van der Waals surface area contributed by atoms with Crippen molar-refractivity contribution in [2.45, 2.75) is 25.2 Å². The summed E-state index contributed by atoms with van der Waals surface area (Å²) in [6.45, 7) is 3.35. The fourth-order valence-electron chi connectivity index (χ4n) is 2.46. The molecule has 0 N–H and O–H groups in total. The zero-order valence-corrected chi connectivity index (χ0v) is 11.7. The van der Waals surface area contributed by atoms with E-state index in [2.05, 4.69) is 12.1 Å². The maximum absolute atomic E-state index is 11.3. The van der Waals surface area contributed by atoms with Crippen molar-refractivity contribution >= 4 is 5.97 Å². The van der Waals surface area contributed by atoms with Gasteiger partial charge in [-0.2, -0.15) is 0 Å². The second-order valence-electron chi connectivity index (χ2n) is 5.03. The Morgan fingerprint density at radius 1 is 1.37 bits per heavy atom. The van der Waals surface area contributed by atoms with Gasteiger partial charge in [0, 0.05) is 11.8 Å². The van der Waals surface area contributed by atoms with Gasteiger partial charge in [-0.05, 0) is 30.5 Å². The van der Waals surface area contributed by atoms with Gasteiger partial charge in [-0.25, -0.2) is 0 Å². The Hall–Kier alpha value is -1.55. The summed E-state index contributed by atoms with van der Waals surface area (Å²) in [5.41, 5.74) is 2.26. The lowest BCUT2D eigenvalue weighted by molar-refractivity contribution is -0.142. The molecule has 19 heavy (non-hydrogen) atoms. The summed E-state index contributed by atoms with van der Waals surface area (Å²) in [5, 5.41) is 0. The molecule has 1 aliphatic rings. The molecule has 0 atom stereocenters. The van der Waals surface area contributed by atoms with E-state index in [1.165, 1.54) is 12.7 Å². The Balaban J connectivity index is 2.16. The van der Waals surface area contributed by atoms with Gasteiger partial charge in [0.1, 0.15) is 5.75 Å². The SMILES string of the molecule is COC(=O)CCC1(c2ccc(OC)c(C)c2)COC1. The van der Waals surface area contributed by atoms with E-state index in [9.17, 15) is 4.79 Å². The summed E-state index contributed by atoms with van der Waals surface area (Å²) in [5.74, 6) is 0.712. The van der Waals surface area contributed by atoms with Crippen LogP contribution in [0.3, 0.4) is 0 Å². The van der Waals surface area contributed by atoms with Gasteiger partial charge in [0.15, 0.2) is 0 Å². The number of hydrogen-bond donors (Lipinski definition) is 0. The quantitative estimate of drug-likeness (QED) is 0.765. The minimum absolute atomic E-state index is 0.0504. The minimum atomic E-state index is -0.170. The molecule has 104 valence electrons. The summed E-state index contributed by atoms with van der Waals surface area (Å²) >= 11 is 0. The number of methoxy groups -OCH3 is 2. The average molecular weight is 264 g/mol. The van der Waals surface area contributed by atoms with Crippen molar-refractivity contribution < 1.29 is 19.0 Å².